The number of nitrogens with one attached hydrogen (secondary N) is 2. The van der Waals surface area contributed by atoms with Crippen LogP contribution in [0.5, 0.6) is 0 Å². The Morgan fingerprint density at radius 3 is 2.37 bits per heavy atom. The van der Waals surface area contributed by atoms with E-state index in [1.54, 1.807) is 0 Å². The maximum Gasteiger partial charge on any atom is 0.253 e. The van der Waals surface area contributed by atoms with Crippen LogP contribution in [0.3, 0.4) is 0 Å². The van der Waals surface area contributed by atoms with Gasteiger partial charge in [0.15, 0.2) is 0 Å². The van der Waals surface area contributed by atoms with Crippen LogP contribution in [0.4, 0.5) is 11.4 Å². The van der Waals surface area contributed by atoms with Gasteiger partial charge in [0.25, 0.3) is 5.91 Å². The number of anilines is 2. The first kappa shape index (κ1) is 20.5. The molecule has 1 heterocycles. The Labute approximate surface area is 178 Å². The maximum absolute atomic E-state index is 13.1. The summed E-state index contributed by atoms with van der Waals surface area (Å²) in [6, 6.07) is 15.7. The quantitative estimate of drug-likeness (QED) is 0.730. The minimum Gasteiger partial charge on any atom is -0.371 e. The summed E-state index contributed by atoms with van der Waals surface area (Å²) in [5.74, 6) is 0.0705. The number of carbonyl (C=O) groups excluding carboxylic acids is 2. The molecule has 2 fully saturated rings. The molecule has 2 N–H and O–H groups in total. The third-order valence-corrected chi connectivity index (χ3v) is 6.23. The van der Waals surface area contributed by atoms with Crippen LogP contribution < -0.4 is 15.5 Å². The van der Waals surface area contributed by atoms with E-state index in [0.717, 1.165) is 62.9 Å². The first-order valence-electron chi connectivity index (χ1n) is 11.2. The summed E-state index contributed by atoms with van der Waals surface area (Å²) in [7, 11) is 0. The van der Waals surface area contributed by atoms with Crippen molar-refractivity contribution in [1.82, 2.24) is 5.32 Å². The molecule has 1 aliphatic carbocycles. The Balaban J connectivity index is 1.51. The molecule has 1 saturated carbocycles. The fourth-order valence-electron chi connectivity index (χ4n) is 4.51. The first-order chi connectivity index (χ1) is 14.7. The average Bonchev–Trinajstić information content (AvgIpc) is 3.33. The molecule has 2 aromatic rings. The number of amides is 2. The molecule has 0 aromatic heterocycles. The smallest absolute Gasteiger partial charge is 0.253 e. The molecule has 2 amide bonds. The molecule has 5 heteroatoms. The van der Waals surface area contributed by atoms with Crippen LogP contribution in [0, 0.1) is 5.92 Å². The van der Waals surface area contributed by atoms with E-state index in [-0.39, 0.29) is 17.7 Å². The maximum atomic E-state index is 13.1. The van der Waals surface area contributed by atoms with E-state index in [9.17, 15) is 9.59 Å². The van der Waals surface area contributed by atoms with E-state index in [2.05, 4.69) is 15.5 Å². The molecule has 0 atom stereocenters. The van der Waals surface area contributed by atoms with Crippen molar-refractivity contribution in [3.8, 4) is 0 Å². The Hall–Kier alpha value is -2.82. The van der Waals surface area contributed by atoms with Gasteiger partial charge in [-0.25, -0.2) is 0 Å². The molecular weight excluding hydrogens is 374 g/mol. The van der Waals surface area contributed by atoms with E-state index in [1.807, 2.05) is 48.5 Å². The van der Waals surface area contributed by atoms with Gasteiger partial charge in [0.1, 0.15) is 0 Å². The minimum absolute atomic E-state index is 0.0827. The molecular formula is C25H31N3O2. The van der Waals surface area contributed by atoms with Crippen molar-refractivity contribution in [3.05, 3.63) is 59.7 Å². The lowest BCUT2D eigenvalue weighted by Crippen LogP contribution is -2.28. The molecule has 158 valence electrons. The highest BCUT2D eigenvalue weighted by atomic mass is 16.2. The summed E-state index contributed by atoms with van der Waals surface area (Å²) in [4.78, 5) is 28.0. The first-order valence-corrected chi connectivity index (χ1v) is 11.2. The Bertz CT molecular complexity index is 869. The van der Waals surface area contributed by atoms with Crippen LogP contribution in [0.1, 0.15) is 60.9 Å². The van der Waals surface area contributed by atoms with Crippen LogP contribution in [-0.4, -0.2) is 24.9 Å². The van der Waals surface area contributed by atoms with Gasteiger partial charge in [-0.1, -0.05) is 49.6 Å². The van der Waals surface area contributed by atoms with Crippen LogP contribution >= 0.6 is 0 Å². The molecule has 2 aromatic carbocycles. The fourth-order valence-corrected chi connectivity index (χ4v) is 4.51. The van der Waals surface area contributed by atoms with Crippen molar-refractivity contribution in [2.45, 2.75) is 51.5 Å². The van der Waals surface area contributed by atoms with Gasteiger partial charge in [0, 0.05) is 36.9 Å². The standard InChI is InChI=1S/C25H31N3O2/c29-24(20-11-5-2-6-12-20)27-21-13-14-23(28-15-7-8-16-28)22(17-21)25(30)26-18-19-9-3-1-4-10-19/h1,3-4,9-10,13-14,17,20H,2,5-8,11-12,15-16,18H2,(H,26,30)(H,27,29). The largest absolute Gasteiger partial charge is 0.371 e. The zero-order chi connectivity index (χ0) is 20.8. The van der Waals surface area contributed by atoms with E-state index >= 15 is 0 Å². The molecule has 1 saturated heterocycles. The lowest BCUT2D eigenvalue weighted by atomic mass is 9.88. The van der Waals surface area contributed by atoms with Crippen LogP contribution in [0.2, 0.25) is 0 Å². The van der Waals surface area contributed by atoms with Gasteiger partial charge in [-0.3, -0.25) is 9.59 Å². The number of benzene rings is 2. The highest BCUT2D eigenvalue weighted by molar-refractivity contribution is 6.02. The number of nitrogens with zero attached hydrogens (tertiary/aromatic N) is 1. The third kappa shape index (κ3) is 5.02. The zero-order valence-corrected chi connectivity index (χ0v) is 17.5. The van der Waals surface area contributed by atoms with Gasteiger partial charge in [0.05, 0.1) is 5.56 Å². The summed E-state index contributed by atoms with van der Waals surface area (Å²) in [6.45, 7) is 2.41. The molecule has 0 spiro atoms. The van der Waals surface area contributed by atoms with Gasteiger partial charge < -0.3 is 15.5 Å². The zero-order valence-electron chi connectivity index (χ0n) is 17.5. The molecule has 0 radical (unpaired) electrons. The summed E-state index contributed by atoms with van der Waals surface area (Å²) in [6.07, 6.45) is 7.68. The van der Waals surface area contributed by atoms with Gasteiger partial charge in [-0.15, -0.1) is 0 Å². The van der Waals surface area contributed by atoms with Crippen molar-refractivity contribution in [1.29, 1.82) is 0 Å². The second-order valence-electron chi connectivity index (χ2n) is 8.42. The second kappa shape index (κ2) is 9.79. The molecule has 2 aliphatic rings. The average molecular weight is 406 g/mol. The number of hydrogen-bond donors (Lipinski definition) is 2. The van der Waals surface area contributed by atoms with Gasteiger partial charge in [-0.2, -0.15) is 0 Å². The molecule has 30 heavy (non-hydrogen) atoms. The SMILES string of the molecule is O=C(NCc1ccccc1)c1cc(NC(=O)C2CCCCC2)ccc1N1CCCC1. The molecule has 0 unspecified atom stereocenters. The summed E-state index contributed by atoms with van der Waals surface area (Å²) < 4.78 is 0. The van der Waals surface area contributed by atoms with Gasteiger partial charge in [-0.05, 0) is 49.4 Å². The number of rotatable bonds is 6. The van der Waals surface area contributed by atoms with Crippen LogP contribution in [-0.2, 0) is 11.3 Å². The summed E-state index contributed by atoms with van der Waals surface area (Å²) >= 11 is 0. The van der Waals surface area contributed by atoms with Gasteiger partial charge in [0.2, 0.25) is 5.91 Å². The number of hydrogen-bond acceptors (Lipinski definition) is 3. The Kier molecular flexibility index (Phi) is 6.67. The van der Waals surface area contributed by atoms with Crippen molar-refractivity contribution in [2.75, 3.05) is 23.3 Å². The highest BCUT2D eigenvalue weighted by Crippen LogP contribution is 2.29. The third-order valence-electron chi connectivity index (χ3n) is 6.23. The second-order valence-corrected chi connectivity index (χ2v) is 8.42. The molecule has 5 nitrogen and oxygen atoms in total. The monoisotopic (exact) mass is 405 g/mol. The van der Waals surface area contributed by atoms with E-state index in [0.29, 0.717) is 17.8 Å². The van der Waals surface area contributed by atoms with E-state index in [1.165, 1.54) is 6.42 Å². The van der Waals surface area contributed by atoms with E-state index in [4.69, 9.17) is 0 Å². The summed E-state index contributed by atoms with van der Waals surface area (Å²) in [5.41, 5.74) is 3.36. The highest BCUT2D eigenvalue weighted by Gasteiger charge is 2.23. The van der Waals surface area contributed by atoms with Crippen LogP contribution in [0.25, 0.3) is 0 Å². The predicted molar refractivity (Wildman–Crippen MR) is 121 cm³/mol. The van der Waals surface area contributed by atoms with Gasteiger partial charge >= 0.3 is 0 Å². The number of carbonyl (C=O) groups is 2. The van der Waals surface area contributed by atoms with Crippen molar-refractivity contribution in [2.24, 2.45) is 5.92 Å². The van der Waals surface area contributed by atoms with Crippen molar-refractivity contribution < 1.29 is 9.59 Å². The topological polar surface area (TPSA) is 61.4 Å². The molecule has 1 aliphatic heterocycles. The summed E-state index contributed by atoms with van der Waals surface area (Å²) in [5, 5.41) is 6.11. The van der Waals surface area contributed by atoms with Crippen molar-refractivity contribution in [3.63, 3.8) is 0 Å². The van der Waals surface area contributed by atoms with E-state index < -0.39 is 0 Å². The van der Waals surface area contributed by atoms with Crippen LogP contribution in [0.15, 0.2) is 48.5 Å². The fraction of sp³-hybridized carbons (Fsp3) is 0.440. The molecule has 4 rings (SSSR count). The molecule has 0 bridgehead atoms. The normalized spacial score (nSPS) is 17.0. The Morgan fingerprint density at radius 2 is 1.63 bits per heavy atom. The Morgan fingerprint density at radius 1 is 0.900 bits per heavy atom. The van der Waals surface area contributed by atoms with Crippen molar-refractivity contribution >= 4 is 23.2 Å². The minimum atomic E-state index is -0.102. The lowest BCUT2D eigenvalue weighted by molar-refractivity contribution is -0.120. The predicted octanol–water partition coefficient (Wildman–Crippen LogP) is 4.74. The lowest BCUT2D eigenvalue weighted by Gasteiger charge is -2.23.